The van der Waals surface area contributed by atoms with Crippen molar-refractivity contribution in [1.29, 1.82) is 0 Å². The molecule has 2 nitrogen and oxygen atoms in total. The number of hydrogen-bond acceptors (Lipinski definition) is 1. The second-order valence-corrected chi connectivity index (χ2v) is 5.31. The van der Waals surface area contributed by atoms with Crippen LogP contribution < -0.4 is 5.32 Å². The lowest BCUT2D eigenvalue weighted by Crippen LogP contribution is -2.37. The van der Waals surface area contributed by atoms with E-state index in [0.29, 0.717) is 12.0 Å². The summed E-state index contributed by atoms with van der Waals surface area (Å²) in [6.45, 7) is 10.8. The van der Waals surface area contributed by atoms with Crippen molar-refractivity contribution in [2.24, 2.45) is 11.8 Å². The smallest absolute Gasteiger partial charge is 0.223 e. The van der Waals surface area contributed by atoms with E-state index in [1.807, 2.05) is 0 Å². The zero-order valence-electron chi connectivity index (χ0n) is 11.7. The van der Waals surface area contributed by atoms with Crippen LogP contribution in [0.3, 0.4) is 0 Å². The molecule has 0 rings (SSSR count). The maximum atomic E-state index is 12.0. The van der Waals surface area contributed by atoms with Crippen LogP contribution >= 0.6 is 0 Å². The van der Waals surface area contributed by atoms with Gasteiger partial charge in [-0.05, 0) is 32.1 Å². The van der Waals surface area contributed by atoms with Crippen LogP contribution in [0.2, 0.25) is 0 Å². The molecule has 0 aromatic heterocycles. The summed E-state index contributed by atoms with van der Waals surface area (Å²) in [5.74, 6) is 1.13. The Bertz CT molecular complexity index is 183. The molecule has 96 valence electrons. The average Bonchev–Trinajstić information content (AvgIpc) is 2.15. The molecule has 0 aromatic rings. The Morgan fingerprint density at radius 2 is 1.56 bits per heavy atom. The summed E-state index contributed by atoms with van der Waals surface area (Å²) in [4.78, 5) is 12.0. The molecule has 0 aliphatic carbocycles. The van der Waals surface area contributed by atoms with Crippen molar-refractivity contribution in [2.75, 3.05) is 0 Å². The monoisotopic (exact) mass is 227 g/mol. The number of amides is 1. The Labute approximate surface area is 101 Å². The fraction of sp³-hybridized carbons (Fsp3) is 0.929. The molecule has 0 spiro atoms. The van der Waals surface area contributed by atoms with E-state index in [9.17, 15) is 4.79 Å². The molecular weight excluding hydrogens is 198 g/mol. The van der Waals surface area contributed by atoms with Crippen molar-refractivity contribution in [3.05, 3.63) is 0 Å². The minimum absolute atomic E-state index is 0.226. The summed E-state index contributed by atoms with van der Waals surface area (Å²) in [6, 6.07) is 0.309. The van der Waals surface area contributed by atoms with Crippen LogP contribution in [0.1, 0.15) is 66.7 Å². The largest absolute Gasteiger partial charge is 0.353 e. The van der Waals surface area contributed by atoms with E-state index < -0.39 is 0 Å². The van der Waals surface area contributed by atoms with Crippen molar-refractivity contribution in [1.82, 2.24) is 5.32 Å². The lowest BCUT2D eigenvalue weighted by molar-refractivity contribution is -0.126. The van der Waals surface area contributed by atoms with Crippen LogP contribution in [-0.2, 0) is 4.79 Å². The van der Waals surface area contributed by atoms with E-state index in [4.69, 9.17) is 0 Å². The number of carbonyl (C=O) groups excluding carboxylic acids is 1. The molecule has 0 saturated heterocycles. The van der Waals surface area contributed by atoms with Gasteiger partial charge in [-0.25, -0.2) is 0 Å². The predicted octanol–water partition coefficient (Wildman–Crippen LogP) is 3.75. The van der Waals surface area contributed by atoms with Gasteiger partial charge in [-0.3, -0.25) is 4.79 Å². The Morgan fingerprint density at radius 3 is 1.94 bits per heavy atom. The van der Waals surface area contributed by atoms with Crippen molar-refractivity contribution < 1.29 is 4.79 Å². The van der Waals surface area contributed by atoms with Gasteiger partial charge in [0.15, 0.2) is 0 Å². The van der Waals surface area contributed by atoms with Gasteiger partial charge in [-0.1, -0.05) is 40.5 Å². The van der Waals surface area contributed by atoms with E-state index in [1.165, 1.54) is 0 Å². The third-order valence-corrected chi connectivity index (χ3v) is 2.86. The summed E-state index contributed by atoms with van der Waals surface area (Å²) >= 11 is 0. The van der Waals surface area contributed by atoms with Crippen molar-refractivity contribution in [3.63, 3.8) is 0 Å². The maximum absolute atomic E-state index is 12.0. The highest BCUT2D eigenvalue weighted by Crippen LogP contribution is 2.14. The Kier molecular flexibility index (Phi) is 8.32. The molecule has 0 radical (unpaired) electrons. The van der Waals surface area contributed by atoms with E-state index in [2.05, 4.69) is 39.9 Å². The average molecular weight is 227 g/mol. The summed E-state index contributed by atoms with van der Waals surface area (Å²) in [5, 5.41) is 3.14. The fourth-order valence-corrected chi connectivity index (χ4v) is 2.23. The Balaban J connectivity index is 4.07. The van der Waals surface area contributed by atoms with Crippen LogP contribution in [0, 0.1) is 11.8 Å². The molecule has 1 N–H and O–H groups in total. The van der Waals surface area contributed by atoms with Gasteiger partial charge < -0.3 is 5.32 Å². The standard InChI is InChI=1S/C14H29NO/c1-6-8-13(9-7-2)14(16)15-12(5)10-11(3)4/h11-13H,6-10H2,1-5H3,(H,15,16)/t12-/m0/s1. The normalized spacial score (nSPS) is 13.2. The van der Waals surface area contributed by atoms with Crippen molar-refractivity contribution in [3.8, 4) is 0 Å². The molecule has 2 heteroatoms. The molecule has 0 fully saturated rings. The van der Waals surface area contributed by atoms with Gasteiger partial charge in [0.1, 0.15) is 0 Å². The quantitative estimate of drug-likeness (QED) is 0.672. The first-order valence-corrected chi connectivity index (χ1v) is 6.81. The molecule has 1 atom stereocenters. The highest BCUT2D eigenvalue weighted by molar-refractivity contribution is 5.78. The second-order valence-electron chi connectivity index (χ2n) is 5.31. The van der Waals surface area contributed by atoms with E-state index in [0.717, 1.165) is 32.1 Å². The first-order valence-electron chi connectivity index (χ1n) is 6.81. The van der Waals surface area contributed by atoms with Crippen LogP contribution in [0.25, 0.3) is 0 Å². The molecular formula is C14H29NO. The molecule has 0 aromatic carbocycles. The Morgan fingerprint density at radius 1 is 1.06 bits per heavy atom. The SMILES string of the molecule is CCCC(CCC)C(=O)N[C@@H](C)CC(C)C. The maximum Gasteiger partial charge on any atom is 0.223 e. The topological polar surface area (TPSA) is 29.1 Å². The molecule has 0 saturated carbocycles. The molecule has 1 amide bonds. The third kappa shape index (κ3) is 6.86. The second kappa shape index (κ2) is 8.60. The molecule has 16 heavy (non-hydrogen) atoms. The molecule has 0 aliphatic rings. The van der Waals surface area contributed by atoms with Gasteiger partial charge in [-0.15, -0.1) is 0 Å². The number of carbonyl (C=O) groups is 1. The Hall–Kier alpha value is -0.530. The van der Waals surface area contributed by atoms with Gasteiger partial charge >= 0.3 is 0 Å². The third-order valence-electron chi connectivity index (χ3n) is 2.86. The summed E-state index contributed by atoms with van der Waals surface area (Å²) in [5.41, 5.74) is 0. The fourth-order valence-electron chi connectivity index (χ4n) is 2.23. The predicted molar refractivity (Wildman–Crippen MR) is 70.4 cm³/mol. The van der Waals surface area contributed by atoms with Gasteiger partial charge in [-0.2, -0.15) is 0 Å². The summed E-state index contributed by atoms with van der Waals surface area (Å²) in [7, 11) is 0. The van der Waals surface area contributed by atoms with Crippen molar-refractivity contribution in [2.45, 2.75) is 72.8 Å². The lowest BCUT2D eigenvalue weighted by Gasteiger charge is -2.20. The number of nitrogens with one attached hydrogen (secondary N) is 1. The minimum Gasteiger partial charge on any atom is -0.353 e. The van der Waals surface area contributed by atoms with Crippen LogP contribution in [-0.4, -0.2) is 11.9 Å². The molecule has 0 heterocycles. The number of rotatable bonds is 8. The summed E-state index contributed by atoms with van der Waals surface area (Å²) < 4.78 is 0. The lowest BCUT2D eigenvalue weighted by atomic mass is 9.96. The van der Waals surface area contributed by atoms with Crippen molar-refractivity contribution >= 4 is 5.91 Å². The highest BCUT2D eigenvalue weighted by atomic mass is 16.1. The van der Waals surface area contributed by atoms with E-state index >= 15 is 0 Å². The van der Waals surface area contributed by atoms with E-state index in [1.54, 1.807) is 0 Å². The summed E-state index contributed by atoms with van der Waals surface area (Å²) in [6.07, 6.45) is 5.30. The highest BCUT2D eigenvalue weighted by Gasteiger charge is 2.18. The first-order chi connectivity index (χ1) is 7.51. The minimum atomic E-state index is 0.226. The van der Waals surface area contributed by atoms with Crippen LogP contribution in [0.5, 0.6) is 0 Å². The van der Waals surface area contributed by atoms with Gasteiger partial charge in [0.25, 0.3) is 0 Å². The van der Waals surface area contributed by atoms with Crippen LogP contribution in [0.15, 0.2) is 0 Å². The molecule has 0 aliphatic heterocycles. The van der Waals surface area contributed by atoms with Gasteiger partial charge in [0.05, 0.1) is 0 Å². The van der Waals surface area contributed by atoms with Crippen LogP contribution in [0.4, 0.5) is 0 Å². The van der Waals surface area contributed by atoms with Gasteiger partial charge in [0.2, 0.25) is 5.91 Å². The molecule has 0 unspecified atom stereocenters. The first kappa shape index (κ1) is 15.5. The zero-order chi connectivity index (χ0) is 12.6. The number of hydrogen-bond donors (Lipinski definition) is 1. The zero-order valence-corrected chi connectivity index (χ0v) is 11.7. The van der Waals surface area contributed by atoms with E-state index in [-0.39, 0.29) is 11.8 Å². The molecule has 0 bridgehead atoms. The van der Waals surface area contributed by atoms with Gasteiger partial charge in [0, 0.05) is 12.0 Å².